The van der Waals surface area contributed by atoms with Crippen molar-refractivity contribution in [2.24, 2.45) is 0 Å². The Morgan fingerprint density at radius 1 is 1.29 bits per heavy atom. The fraction of sp³-hybridized carbons (Fsp3) is 0.385. The molecule has 0 aliphatic carbocycles. The maximum Gasteiger partial charge on any atom is 0.0458 e. The summed E-state index contributed by atoms with van der Waals surface area (Å²) in [6.45, 7) is 6.64. The molecule has 0 unspecified atom stereocenters. The lowest BCUT2D eigenvalue weighted by Gasteiger charge is -1.97. The minimum Gasteiger partial charge on any atom is -0.358 e. The van der Waals surface area contributed by atoms with Crippen LogP contribution in [0.5, 0.6) is 0 Å². The van der Waals surface area contributed by atoms with E-state index >= 15 is 0 Å². The van der Waals surface area contributed by atoms with E-state index < -0.39 is 0 Å². The number of fused-ring (bicyclic) bond motifs is 1. The molecule has 1 nitrogen and oxygen atoms in total. The Labute approximate surface area is 85.1 Å². The van der Waals surface area contributed by atoms with Crippen LogP contribution in [0.1, 0.15) is 37.9 Å². The zero-order valence-electron chi connectivity index (χ0n) is 9.09. The van der Waals surface area contributed by atoms with E-state index in [1.54, 1.807) is 0 Å². The van der Waals surface area contributed by atoms with Crippen LogP contribution in [-0.2, 0) is 6.42 Å². The Morgan fingerprint density at radius 2 is 2.07 bits per heavy atom. The molecule has 74 valence electrons. The molecule has 1 heteroatoms. The summed E-state index contributed by atoms with van der Waals surface area (Å²) in [7, 11) is 0. The van der Waals surface area contributed by atoms with Gasteiger partial charge in [-0.15, -0.1) is 0 Å². The monoisotopic (exact) mass is 187 g/mol. The Hall–Kier alpha value is -1.24. The largest absolute Gasteiger partial charge is 0.358 e. The lowest BCUT2D eigenvalue weighted by Crippen LogP contribution is -1.84. The first-order valence-electron chi connectivity index (χ1n) is 5.33. The van der Waals surface area contributed by atoms with Crippen LogP contribution < -0.4 is 0 Å². The van der Waals surface area contributed by atoms with Gasteiger partial charge in [-0.2, -0.15) is 0 Å². The second kappa shape index (κ2) is 3.49. The van der Waals surface area contributed by atoms with Crippen LogP contribution >= 0.6 is 0 Å². The zero-order chi connectivity index (χ0) is 10.1. The van der Waals surface area contributed by atoms with Crippen LogP contribution in [0.15, 0.2) is 24.3 Å². The summed E-state index contributed by atoms with van der Waals surface area (Å²) in [4.78, 5) is 3.47. The van der Waals surface area contributed by atoms with Crippen molar-refractivity contribution < 1.29 is 0 Å². The molecule has 0 aliphatic heterocycles. The lowest BCUT2D eigenvalue weighted by molar-refractivity contribution is 0.836. The Kier molecular flexibility index (Phi) is 2.32. The number of hydrogen-bond acceptors (Lipinski definition) is 0. The highest BCUT2D eigenvalue weighted by Crippen LogP contribution is 2.24. The Morgan fingerprint density at radius 3 is 2.71 bits per heavy atom. The summed E-state index contributed by atoms with van der Waals surface area (Å²) in [5.74, 6) is 0.576. The summed E-state index contributed by atoms with van der Waals surface area (Å²) in [5, 5.41) is 1.39. The predicted molar refractivity (Wildman–Crippen MR) is 61.8 cm³/mol. The molecule has 1 aromatic heterocycles. The maximum atomic E-state index is 3.47. The summed E-state index contributed by atoms with van der Waals surface area (Å²) in [6, 6.07) is 8.78. The van der Waals surface area contributed by atoms with Crippen molar-refractivity contribution in [1.29, 1.82) is 0 Å². The van der Waals surface area contributed by atoms with Crippen LogP contribution in [-0.4, -0.2) is 4.98 Å². The van der Waals surface area contributed by atoms with E-state index in [0.717, 1.165) is 6.42 Å². The van der Waals surface area contributed by atoms with Crippen molar-refractivity contribution in [2.75, 3.05) is 0 Å². The summed E-state index contributed by atoms with van der Waals surface area (Å²) >= 11 is 0. The molecule has 0 bridgehead atoms. The third-order valence-corrected chi connectivity index (χ3v) is 2.78. The summed E-state index contributed by atoms with van der Waals surface area (Å²) in [5.41, 5.74) is 4.04. The molecular formula is C13H17N. The third kappa shape index (κ3) is 1.43. The molecule has 1 heterocycles. The normalized spacial score (nSPS) is 11.4. The molecule has 0 atom stereocenters. The standard InChI is InChI=1S/C13H17N/c1-4-10-6-5-7-12-11(10)8-13(14-12)9(2)3/h5-9,14H,4H2,1-3H3. The van der Waals surface area contributed by atoms with Crippen molar-refractivity contribution in [3.8, 4) is 0 Å². The molecular weight excluding hydrogens is 170 g/mol. The Bertz CT molecular complexity index is 437. The van der Waals surface area contributed by atoms with Crippen LogP contribution in [0.4, 0.5) is 0 Å². The highest BCUT2D eigenvalue weighted by molar-refractivity contribution is 5.84. The van der Waals surface area contributed by atoms with Gasteiger partial charge in [0.1, 0.15) is 0 Å². The van der Waals surface area contributed by atoms with Gasteiger partial charge >= 0.3 is 0 Å². The second-order valence-electron chi connectivity index (χ2n) is 4.11. The van der Waals surface area contributed by atoms with Crippen molar-refractivity contribution in [2.45, 2.75) is 33.1 Å². The van der Waals surface area contributed by atoms with E-state index in [-0.39, 0.29) is 0 Å². The molecule has 1 aromatic carbocycles. The van der Waals surface area contributed by atoms with Crippen molar-refractivity contribution in [1.82, 2.24) is 4.98 Å². The van der Waals surface area contributed by atoms with E-state index in [2.05, 4.69) is 50.0 Å². The van der Waals surface area contributed by atoms with Crippen molar-refractivity contribution in [3.63, 3.8) is 0 Å². The minimum atomic E-state index is 0.576. The molecule has 0 spiro atoms. The second-order valence-corrected chi connectivity index (χ2v) is 4.11. The molecule has 0 saturated heterocycles. The number of H-pyrrole nitrogens is 1. The fourth-order valence-corrected chi connectivity index (χ4v) is 1.86. The van der Waals surface area contributed by atoms with E-state index in [1.165, 1.54) is 22.2 Å². The van der Waals surface area contributed by atoms with Gasteiger partial charge in [-0.1, -0.05) is 32.9 Å². The number of aryl methyl sites for hydroxylation is 1. The minimum absolute atomic E-state index is 0.576. The number of rotatable bonds is 2. The van der Waals surface area contributed by atoms with Gasteiger partial charge in [0.2, 0.25) is 0 Å². The van der Waals surface area contributed by atoms with Gasteiger partial charge in [0.05, 0.1) is 0 Å². The molecule has 2 rings (SSSR count). The first-order valence-corrected chi connectivity index (χ1v) is 5.33. The smallest absolute Gasteiger partial charge is 0.0458 e. The van der Waals surface area contributed by atoms with Gasteiger partial charge < -0.3 is 4.98 Å². The molecule has 14 heavy (non-hydrogen) atoms. The molecule has 0 fully saturated rings. The first-order chi connectivity index (χ1) is 6.72. The van der Waals surface area contributed by atoms with Crippen molar-refractivity contribution in [3.05, 3.63) is 35.5 Å². The quantitative estimate of drug-likeness (QED) is 0.735. The highest BCUT2D eigenvalue weighted by Gasteiger charge is 2.06. The van der Waals surface area contributed by atoms with Crippen LogP contribution in [0, 0.1) is 0 Å². The zero-order valence-corrected chi connectivity index (χ0v) is 9.09. The van der Waals surface area contributed by atoms with E-state index in [4.69, 9.17) is 0 Å². The number of nitrogens with one attached hydrogen (secondary N) is 1. The molecule has 2 aromatic rings. The van der Waals surface area contributed by atoms with Gasteiger partial charge in [-0.3, -0.25) is 0 Å². The highest BCUT2D eigenvalue weighted by atomic mass is 14.7. The Balaban J connectivity index is 2.64. The van der Waals surface area contributed by atoms with Crippen LogP contribution in [0.2, 0.25) is 0 Å². The lowest BCUT2D eigenvalue weighted by atomic mass is 10.1. The van der Waals surface area contributed by atoms with E-state index in [9.17, 15) is 0 Å². The molecule has 0 amide bonds. The van der Waals surface area contributed by atoms with Gasteiger partial charge in [0.15, 0.2) is 0 Å². The SMILES string of the molecule is CCc1cccc2[nH]c(C(C)C)cc12. The van der Waals surface area contributed by atoms with Gasteiger partial charge in [-0.05, 0) is 30.0 Å². The topological polar surface area (TPSA) is 15.8 Å². The number of aromatic nitrogens is 1. The average molecular weight is 187 g/mol. The number of hydrogen-bond donors (Lipinski definition) is 1. The van der Waals surface area contributed by atoms with Crippen LogP contribution in [0.3, 0.4) is 0 Å². The van der Waals surface area contributed by atoms with Crippen LogP contribution in [0.25, 0.3) is 10.9 Å². The van der Waals surface area contributed by atoms with Crippen molar-refractivity contribution >= 4 is 10.9 Å². The molecule has 0 radical (unpaired) electrons. The number of aromatic amines is 1. The van der Waals surface area contributed by atoms with Gasteiger partial charge in [0, 0.05) is 16.6 Å². The fourth-order valence-electron chi connectivity index (χ4n) is 1.86. The third-order valence-electron chi connectivity index (χ3n) is 2.78. The molecule has 0 aliphatic rings. The van der Waals surface area contributed by atoms with Gasteiger partial charge in [-0.25, -0.2) is 0 Å². The first kappa shape index (κ1) is 9.32. The number of benzene rings is 1. The van der Waals surface area contributed by atoms with E-state index in [1.807, 2.05) is 0 Å². The molecule has 0 saturated carbocycles. The average Bonchev–Trinajstić information content (AvgIpc) is 2.60. The van der Waals surface area contributed by atoms with Gasteiger partial charge in [0.25, 0.3) is 0 Å². The van der Waals surface area contributed by atoms with E-state index in [0.29, 0.717) is 5.92 Å². The maximum absolute atomic E-state index is 3.47. The predicted octanol–water partition coefficient (Wildman–Crippen LogP) is 3.85. The molecule has 1 N–H and O–H groups in total. The summed E-state index contributed by atoms with van der Waals surface area (Å²) < 4.78 is 0. The summed E-state index contributed by atoms with van der Waals surface area (Å²) in [6.07, 6.45) is 1.10.